The number of amides is 1. The van der Waals surface area contributed by atoms with Crippen molar-refractivity contribution < 1.29 is 13.6 Å². The first-order chi connectivity index (χ1) is 10.5. The van der Waals surface area contributed by atoms with Crippen LogP contribution in [0.5, 0.6) is 0 Å². The molecule has 1 aliphatic rings. The summed E-state index contributed by atoms with van der Waals surface area (Å²) in [7, 11) is 0. The Hall–Kier alpha value is -1.46. The highest BCUT2D eigenvalue weighted by Crippen LogP contribution is 2.24. The van der Waals surface area contributed by atoms with E-state index in [1.54, 1.807) is 6.07 Å². The highest BCUT2D eigenvalue weighted by molar-refractivity contribution is 5.92. The minimum atomic E-state index is -2.51. The number of nitrogens with zero attached hydrogens (tertiary/aromatic N) is 3. The third-order valence-corrected chi connectivity index (χ3v) is 4.13. The largest absolute Gasteiger partial charge is 0.334 e. The summed E-state index contributed by atoms with van der Waals surface area (Å²) >= 11 is 0. The van der Waals surface area contributed by atoms with E-state index in [-0.39, 0.29) is 17.6 Å². The third-order valence-electron chi connectivity index (χ3n) is 4.13. The monoisotopic (exact) mass is 313 g/mol. The zero-order valence-corrected chi connectivity index (χ0v) is 13.3. The van der Waals surface area contributed by atoms with Crippen molar-refractivity contribution in [1.29, 1.82) is 0 Å². The van der Waals surface area contributed by atoms with Gasteiger partial charge in [0.25, 0.3) is 12.3 Å². The molecule has 0 spiro atoms. The predicted molar refractivity (Wildman–Crippen MR) is 81.0 cm³/mol. The molecule has 1 fully saturated rings. The third kappa shape index (κ3) is 4.27. The van der Waals surface area contributed by atoms with Crippen molar-refractivity contribution in [2.24, 2.45) is 5.92 Å². The maximum Gasteiger partial charge on any atom is 0.272 e. The van der Waals surface area contributed by atoms with E-state index in [0.29, 0.717) is 12.5 Å². The average molecular weight is 313 g/mol. The van der Waals surface area contributed by atoms with Crippen LogP contribution in [0.1, 0.15) is 56.4 Å². The maximum atomic E-state index is 12.8. The molecule has 2 heterocycles. The van der Waals surface area contributed by atoms with E-state index >= 15 is 0 Å². The van der Waals surface area contributed by atoms with Crippen molar-refractivity contribution in [2.75, 3.05) is 6.54 Å². The molecule has 22 heavy (non-hydrogen) atoms. The standard InChI is InChI=1S/C16H25F2N3O/c1-12(2)10-13-6-4-3-5-9-20(13)16(22)14-7-8-19-21(14)11-15(17)18/h7-8,12-13,15H,3-6,9-11H2,1-2H3/t13-/m1/s1. The molecule has 4 nitrogen and oxygen atoms in total. The number of carbonyl (C=O) groups is 1. The number of hydrogen-bond acceptors (Lipinski definition) is 2. The Balaban J connectivity index is 2.19. The van der Waals surface area contributed by atoms with Crippen molar-refractivity contribution in [3.05, 3.63) is 18.0 Å². The number of carbonyl (C=O) groups excluding carboxylic acids is 1. The van der Waals surface area contributed by atoms with Crippen molar-refractivity contribution in [2.45, 2.75) is 65.0 Å². The molecule has 1 aromatic rings. The van der Waals surface area contributed by atoms with Crippen LogP contribution in [0.2, 0.25) is 0 Å². The summed E-state index contributed by atoms with van der Waals surface area (Å²) in [6.07, 6.45) is 4.07. The first kappa shape index (κ1) is 16.9. The second-order valence-corrected chi connectivity index (χ2v) is 6.42. The van der Waals surface area contributed by atoms with Gasteiger partial charge in [0.15, 0.2) is 0 Å². The number of halogens is 2. The van der Waals surface area contributed by atoms with Gasteiger partial charge >= 0.3 is 0 Å². The molecular weight excluding hydrogens is 288 g/mol. The Morgan fingerprint density at radius 1 is 1.36 bits per heavy atom. The summed E-state index contributed by atoms with van der Waals surface area (Å²) in [6, 6.07) is 1.74. The number of aromatic nitrogens is 2. The molecule has 6 heteroatoms. The van der Waals surface area contributed by atoms with Gasteiger partial charge in [-0.2, -0.15) is 5.10 Å². The van der Waals surface area contributed by atoms with Gasteiger partial charge in [0.05, 0.1) is 0 Å². The van der Waals surface area contributed by atoms with Crippen LogP contribution in [0.4, 0.5) is 8.78 Å². The predicted octanol–water partition coefficient (Wildman–Crippen LogP) is 3.58. The van der Waals surface area contributed by atoms with Gasteiger partial charge in [-0.3, -0.25) is 9.48 Å². The van der Waals surface area contributed by atoms with Gasteiger partial charge in [-0.25, -0.2) is 8.78 Å². The number of alkyl halides is 2. The molecule has 1 atom stereocenters. The lowest BCUT2D eigenvalue weighted by Crippen LogP contribution is -2.41. The summed E-state index contributed by atoms with van der Waals surface area (Å²) in [5.41, 5.74) is 0.274. The van der Waals surface area contributed by atoms with Crippen LogP contribution in [0.15, 0.2) is 12.3 Å². The van der Waals surface area contributed by atoms with Crippen molar-refractivity contribution in [3.8, 4) is 0 Å². The second kappa shape index (κ2) is 7.70. The molecule has 1 aliphatic heterocycles. The van der Waals surface area contributed by atoms with Crippen LogP contribution in [-0.4, -0.2) is 39.6 Å². The van der Waals surface area contributed by atoms with Crippen LogP contribution in [0.3, 0.4) is 0 Å². The van der Waals surface area contributed by atoms with Gasteiger partial charge in [-0.15, -0.1) is 0 Å². The zero-order chi connectivity index (χ0) is 16.1. The molecule has 0 radical (unpaired) electrons. The van der Waals surface area contributed by atoms with Crippen LogP contribution >= 0.6 is 0 Å². The Kier molecular flexibility index (Phi) is 5.91. The fourth-order valence-corrected chi connectivity index (χ4v) is 3.17. The highest BCUT2D eigenvalue weighted by atomic mass is 19.3. The molecule has 0 saturated carbocycles. The van der Waals surface area contributed by atoms with Gasteiger partial charge in [-0.1, -0.05) is 26.7 Å². The number of hydrogen-bond donors (Lipinski definition) is 0. The van der Waals surface area contributed by atoms with Gasteiger partial charge in [0, 0.05) is 18.8 Å². The highest BCUT2D eigenvalue weighted by Gasteiger charge is 2.29. The summed E-state index contributed by atoms with van der Waals surface area (Å²) in [4.78, 5) is 14.7. The first-order valence-corrected chi connectivity index (χ1v) is 8.10. The lowest BCUT2D eigenvalue weighted by atomic mass is 9.98. The molecule has 124 valence electrons. The van der Waals surface area contributed by atoms with E-state index in [1.807, 2.05) is 4.90 Å². The van der Waals surface area contributed by atoms with Crippen molar-refractivity contribution >= 4 is 5.91 Å². The number of rotatable bonds is 5. The summed E-state index contributed by atoms with van der Waals surface area (Å²) in [5, 5.41) is 3.87. The van der Waals surface area contributed by atoms with Crippen molar-refractivity contribution in [3.63, 3.8) is 0 Å². The SMILES string of the molecule is CC(C)C[C@H]1CCCCCN1C(=O)c1ccnn1CC(F)F. The van der Waals surface area contributed by atoms with Gasteiger partial charge in [-0.05, 0) is 31.2 Å². The van der Waals surface area contributed by atoms with Crippen LogP contribution < -0.4 is 0 Å². The van der Waals surface area contributed by atoms with E-state index < -0.39 is 13.0 Å². The Morgan fingerprint density at radius 3 is 2.82 bits per heavy atom. The Morgan fingerprint density at radius 2 is 2.14 bits per heavy atom. The first-order valence-electron chi connectivity index (χ1n) is 8.10. The summed E-state index contributed by atoms with van der Waals surface area (Å²) < 4.78 is 26.4. The molecule has 2 rings (SSSR count). The van der Waals surface area contributed by atoms with E-state index in [9.17, 15) is 13.6 Å². The molecule has 1 saturated heterocycles. The van der Waals surface area contributed by atoms with Gasteiger partial charge < -0.3 is 4.90 Å². The molecule has 0 N–H and O–H groups in total. The van der Waals surface area contributed by atoms with Crippen LogP contribution in [-0.2, 0) is 6.54 Å². The molecule has 0 aromatic carbocycles. The Labute approximate surface area is 130 Å². The van der Waals surface area contributed by atoms with Crippen molar-refractivity contribution in [1.82, 2.24) is 14.7 Å². The normalized spacial score (nSPS) is 19.7. The lowest BCUT2D eigenvalue weighted by Gasteiger charge is -2.31. The topological polar surface area (TPSA) is 38.1 Å². The van der Waals surface area contributed by atoms with Gasteiger partial charge in [0.1, 0.15) is 12.2 Å². The van der Waals surface area contributed by atoms with E-state index in [0.717, 1.165) is 36.8 Å². The van der Waals surface area contributed by atoms with E-state index in [2.05, 4.69) is 18.9 Å². The molecule has 0 aliphatic carbocycles. The van der Waals surface area contributed by atoms with E-state index in [1.165, 1.54) is 6.20 Å². The molecule has 0 bridgehead atoms. The fraction of sp³-hybridized carbons (Fsp3) is 0.750. The maximum absolute atomic E-state index is 12.8. The molecule has 1 amide bonds. The molecule has 0 unspecified atom stereocenters. The second-order valence-electron chi connectivity index (χ2n) is 6.42. The quantitative estimate of drug-likeness (QED) is 0.833. The minimum Gasteiger partial charge on any atom is -0.334 e. The minimum absolute atomic E-state index is 0.161. The lowest BCUT2D eigenvalue weighted by molar-refractivity contribution is 0.0637. The smallest absolute Gasteiger partial charge is 0.272 e. The van der Waals surface area contributed by atoms with Gasteiger partial charge in [0.2, 0.25) is 0 Å². The van der Waals surface area contributed by atoms with Crippen LogP contribution in [0, 0.1) is 5.92 Å². The van der Waals surface area contributed by atoms with E-state index in [4.69, 9.17) is 0 Å². The summed E-state index contributed by atoms with van der Waals surface area (Å²) in [6.45, 7) is 4.47. The van der Waals surface area contributed by atoms with Crippen LogP contribution in [0.25, 0.3) is 0 Å². The zero-order valence-electron chi connectivity index (χ0n) is 13.3. The number of likely N-dealkylation sites (tertiary alicyclic amines) is 1. The summed E-state index contributed by atoms with van der Waals surface area (Å²) in [5.74, 6) is 0.343. The average Bonchev–Trinajstić information content (AvgIpc) is 2.75. The fourth-order valence-electron chi connectivity index (χ4n) is 3.17. The molecular formula is C16H25F2N3O. The molecule has 1 aromatic heterocycles. The Bertz CT molecular complexity index is 487.